The molecule has 33 heavy (non-hydrogen) atoms. The molecule has 0 aliphatic rings. The Balaban J connectivity index is 1.46. The first-order chi connectivity index (χ1) is 16.1. The Labute approximate surface area is 190 Å². The molecule has 5 aromatic rings. The van der Waals surface area contributed by atoms with E-state index in [0.29, 0.717) is 11.3 Å². The number of nitrogens with zero attached hydrogens (tertiary/aromatic N) is 3. The van der Waals surface area contributed by atoms with Crippen molar-refractivity contribution in [2.24, 2.45) is 0 Å². The molecule has 0 radical (unpaired) electrons. The Morgan fingerprint density at radius 3 is 2.55 bits per heavy atom. The molecule has 7 heteroatoms. The zero-order valence-corrected chi connectivity index (χ0v) is 18.2. The van der Waals surface area contributed by atoms with E-state index in [1.807, 2.05) is 73.7 Å². The monoisotopic (exact) mass is 438 g/mol. The van der Waals surface area contributed by atoms with Gasteiger partial charge in [-0.3, -0.25) is 4.79 Å². The molecule has 3 aromatic carbocycles. The fraction of sp³-hybridized carbons (Fsp3) is 0.115. The van der Waals surface area contributed by atoms with Crippen LogP contribution in [0.2, 0.25) is 0 Å². The summed E-state index contributed by atoms with van der Waals surface area (Å²) in [6.45, 7) is 1.94. The zero-order valence-electron chi connectivity index (χ0n) is 18.2. The van der Waals surface area contributed by atoms with Crippen molar-refractivity contribution in [2.75, 3.05) is 7.11 Å². The van der Waals surface area contributed by atoms with Crippen LogP contribution >= 0.6 is 0 Å². The van der Waals surface area contributed by atoms with Crippen molar-refractivity contribution in [3.63, 3.8) is 0 Å². The van der Waals surface area contributed by atoms with Gasteiger partial charge in [0.15, 0.2) is 0 Å². The molecule has 2 aromatic heterocycles. The van der Waals surface area contributed by atoms with E-state index in [0.717, 1.165) is 27.8 Å². The summed E-state index contributed by atoms with van der Waals surface area (Å²) < 4.78 is 13.1. The standard InChI is InChI=1S/C26H22N4O3/c1-17(18-8-10-20(11-9-18)30-16-27-15-28-30)29-26(31)25-24(19-6-4-3-5-7-19)22-13-12-21(32-2)14-23(22)33-25/h3-17H,1-2H3,(H,29,31). The first kappa shape index (κ1) is 20.5. The molecule has 1 N–H and O–H groups in total. The van der Waals surface area contributed by atoms with Crippen molar-refractivity contribution in [2.45, 2.75) is 13.0 Å². The Bertz CT molecular complexity index is 1390. The fourth-order valence-corrected chi connectivity index (χ4v) is 3.86. The van der Waals surface area contributed by atoms with E-state index in [4.69, 9.17) is 9.15 Å². The number of fused-ring (bicyclic) bond motifs is 1. The van der Waals surface area contributed by atoms with Crippen molar-refractivity contribution in [1.82, 2.24) is 20.1 Å². The number of nitrogens with one attached hydrogen (secondary N) is 1. The smallest absolute Gasteiger partial charge is 0.288 e. The van der Waals surface area contributed by atoms with Gasteiger partial charge in [0.25, 0.3) is 5.91 Å². The maximum Gasteiger partial charge on any atom is 0.288 e. The second-order valence-corrected chi connectivity index (χ2v) is 7.66. The number of aromatic nitrogens is 3. The summed E-state index contributed by atoms with van der Waals surface area (Å²) in [6.07, 6.45) is 3.13. The molecule has 0 aliphatic heterocycles. The van der Waals surface area contributed by atoms with Crippen molar-refractivity contribution in [1.29, 1.82) is 0 Å². The van der Waals surface area contributed by atoms with Crippen LogP contribution < -0.4 is 10.1 Å². The number of hydrogen-bond donors (Lipinski definition) is 1. The fourth-order valence-electron chi connectivity index (χ4n) is 3.86. The van der Waals surface area contributed by atoms with E-state index < -0.39 is 0 Å². The van der Waals surface area contributed by atoms with Gasteiger partial charge in [-0.1, -0.05) is 42.5 Å². The van der Waals surface area contributed by atoms with Gasteiger partial charge in [-0.25, -0.2) is 9.67 Å². The number of ether oxygens (including phenoxy) is 1. The van der Waals surface area contributed by atoms with Crippen LogP contribution in [-0.4, -0.2) is 27.8 Å². The molecule has 0 saturated heterocycles. The molecule has 2 heterocycles. The van der Waals surface area contributed by atoms with Gasteiger partial charge in [-0.05, 0) is 42.3 Å². The van der Waals surface area contributed by atoms with E-state index in [1.54, 1.807) is 24.2 Å². The molecule has 0 bridgehead atoms. The number of methoxy groups -OCH3 is 1. The van der Waals surface area contributed by atoms with Gasteiger partial charge in [0.1, 0.15) is 24.0 Å². The minimum absolute atomic E-state index is 0.228. The van der Waals surface area contributed by atoms with E-state index in [-0.39, 0.29) is 17.7 Å². The van der Waals surface area contributed by atoms with E-state index >= 15 is 0 Å². The lowest BCUT2D eigenvalue weighted by molar-refractivity contribution is 0.0915. The Morgan fingerprint density at radius 1 is 1.06 bits per heavy atom. The predicted molar refractivity (Wildman–Crippen MR) is 125 cm³/mol. The number of furan rings is 1. The van der Waals surface area contributed by atoms with Crippen molar-refractivity contribution < 1.29 is 13.9 Å². The van der Waals surface area contributed by atoms with Crippen molar-refractivity contribution in [3.8, 4) is 22.6 Å². The normalized spacial score (nSPS) is 11.9. The molecule has 0 saturated carbocycles. The minimum atomic E-state index is -0.281. The van der Waals surface area contributed by atoms with Gasteiger partial charge >= 0.3 is 0 Å². The quantitative estimate of drug-likeness (QED) is 0.395. The summed E-state index contributed by atoms with van der Waals surface area (Å²) in [6, 6.07) is 22.9. The lowest BCUT2D eigenvalue weighted by Crippen LogP contribution is -2.26. The first-order valence-corrected chi connectivity index (χ1v) is 10.6. The average Bonchev–Trinajstić information content (AvgIpc) is 3.52. The van der Waals surface area contributed by atoms with Crippen LogP contribution in [0.25, 0.3) is 27.8 Å². The molecule has 5 rings (SSSR count). The summed E-state index contributed by atoms with van der Waals surface area (Å²) in [7, 11) is 1.60. The lowest BCUT2D eigenvalue weighted by atomic mass is 10.0. The van der Waals surface area contributed by atoms with Gasteiger partial charge in [0.2, 0.25) is 5.76 Å². The summed E-state index contributed by atoms with van der Waals surface area (Å²) in [5.74, 6) is 0.663. The first-order valence-electron chi connectivity index (χ1n) is 10.6. The molecule has 1 atom stereocenters. The summed E-state index contributed by atoms with van der Waals surface area (Å²) in [4.78, 5) is 17.3. The number of hydrogen-bond acceptors (Lipinski definition) is 5. The van der Waals surface area contributed by atoms with Gasteiger partial charge in [0, 0.05) is 17.0 Å². The molecule has 1 unspecified atom stereocenters. The SMILES string of the molecule is COc1ccc2c(-c3ccccc3)c(C(=O)NC(C)c3ccc(-n4cncn4)cc3)oc2c1. The maximum absolute atomic E-state index is 13.3. The topological polar surface area (TPSA) is 82.2 Å². The Hall–Kier alpha value is -4.39. The van der Waals surface area contributed by atoms with Gasteiger partial charge in [-0.15, -0.1) is 0 Å². The third-order valence-electron chi connectivity index (χ3n) is 5.59. The summed E-state index contributed by atoms with van der Waals surface area (Å²) in [5.41, 5.74) is 4.14. The third kappa shape index (κ3) is 3.96. The molecule has 164 valence electrons. The number of amides is 1. The van der Waals surface area contributed by atoms with Crippen LogP contribution in [0.5, 0.6) is 5.75 Å². The molecule has 0 aliphatic carbocycles. The van der Waals surface area contributed by atoms with Crippen LogP contribution in [0, 0.1) is 0 Å². The third-order valence-corrected chi connectivity index (χ3v) is 5.59. The second-order valence-electron chi connectivity index (χ2n) is 7.66. The Morgan fingerprint density at radius 2 is 1.85 bits per heavy atom. The van der Waals surface area contributed by atoms with Crippen LogP contribution in [0.4, 0.5) is 0 Å². The minimum Gasteiger partial charge on any atom is -0.497 e. The highest BCUT2D eigenvalue weighted by Gasteiger charge is 2.23. The maximum atomic E-state index is 13.3. The molecule has 1 amide bonds. The van der Waals surface area contributed by atoms with Crippen LogP contribution in [0.1, 0.15) is 29.1 Å². The number of benzene rings is 3. The number of carbonyl (C=O) groups is 1. The average molecular weight is 438 g/mol. The molecule has 0 spiro atoms. The highest BCUT2D eigenvalue weighted by Crippen LogP contribution is 2.36. The lowest BCUT2D eigenvalue weighted by Gasteiger charge is -2.14. The van der Waals surface area contributed by atoms with Gasteiger partial charge < -0.3 is 14.5 Å². The highest BCUT2D eigenvalue weighted by atomic mass is 16.5. The van der Waals surface area contributed by atoms with Crippen LogP contribution in [-0.2, 0) is 0 Å². The molecule has 7 nitrogen and oxygen atoms in total. The molecular weight excluding hydrogens is 416 g/mol. The van der Waals surface area contributed by atoms with E-state index in [9.17, 15) is 4.79 Å². The largest absolute Gasteiger partial charge is 0.497 e. The number of carbonyl (C=O) groups excluding carboxylic acids is 1. The zero-order chi connectivity index (χ0) is 22.8. The molecule has 0 fully saturated rings. The second kappa shape index (κ2) is 8.63. The van der Waals surface area contributed by atoms with E-state index in [1.165, 1.54) is 6.33 Å². The van der Waals surface area contributed by atoms with Gasteiger partial charge in [-0.2, -0.15) is 5.10 Å². The predicted octanol–water partition coefficient (Wildman–Crippen LogP) is 5.18. The molecular formula is C26H22N4O3. The van der Waals surface area contributed by atoms with Crippen molar-refractivity contribution in [3.05, 3.63) is 96.8 Å². The summed E-state index contributed by atoms with van der Waals surface area (Å²) >= 11 is 0. The van der Waals surface area contributed by atoms with Crippen LogP contribution in [0.3, 0.4) is 0 Å². The van der Waals surface area contributed by atoms with Crippen molar-refractivity contribution >= 4 is 16.9 Å². The van der Waals surface area contributed by atoms with E-state index in [2.05, 4.69) is 15.4 Å². The van der Waals surface area contributed by atoms with Gasteiger partial charge in [0.05, 0.1) is 18.8 Å². The van der Waals surface area contributed by atoms with Crippen LogP contribution in [0.15, 0.2) is 89.9 Å². The summed E-state index contributed by atoms with van der Waals surface area (Å²) in [5, 5.41) is 8.06. The Kier molecular flexibility index (Phi) is 5.36. The number of rotatable bonds is 6. The highest BCUT2D eigenvalue weighted by molar-refractivity contribution is 6.08.